The summed E-state index contributed by atoms with van der Waals surface area (Å²) in [5.41, 5.74) is -1.59. The molecule has 99 heavy (non-hydrogen) atoms. The summed E-state index contributed by atoms with van der Waals surface area (Å²) in [6.07, 6.45) is 2.87. The molecule has 25 nitrogen and oxygen atoms in total. The molecule has 1 fully saturated rings. The first-order chi connectivity index (χ1) is 45.6. The van der Waals surface area contributed by atoms with E-state index in [2.05, 4.69) is 53.9 Å². The van der Waals surface area contributed by atoms with Crippen molar-refractivity contribution in [2.24, 2.45) is 41.4 Å². The number of nitrogens with one attached hydrogen (secondary N) is 4. The minimum absolute atomic E-state index is 0.0104. The van der Waals surface area contributed by atoms with Gasteiger partial charge < -0.3 is 65.8 Å². The highest BCUT2D eigenvalue weighted by Gasteiger charge is 2.47. The first-order valence-electron chi connectivity index (χ1n) is 36.0. The Bertz CT molecular complexity index is 2690. The number of carbonyl (C=O) groups is 11. The van der Waals surface area contributed by atoms with E-state index in [1.54, 1.807) is 54.5 Å². The van der Waals surface area contributed by atoms with Crippen molar-refractivity contribution in [3.8, 4) is 0 Å². The number of hydrogen-bond acceptors (Lipinski definition) is 15. The molecule has 0 aromatic rings. The highest BCUT2D eigenvalue weighted by Crippen LogP contribution is 2.27. The SMILES string of the molecule is C/C=C/C[C@@H](C)[C@@H](O)[C@H]1C(=O)N[C@H](CC)C(=O)N(C)[C@H](CSCCN(CC(C)C)C(C)C)C(=O)N(C)[C@@H](CC(C)(C)O)C(=O)N[C@H](C(C)C)C(=O)N(C)[C@H](CC(C)C)C(=O)N[C@H](C)C(=O)N[C@@H](C)C(=O)N(C)[C@@H](CCC(C)C)C(=O)N(C)[C@H](CC(C)C)C(=O)N(C)[C@H](C(C)C)C(=O)N1C. The van der Waals surface area contributed by atoms with E-state index in [-0.39, 0.29) is 68.1 Å². The molecule has 1 aliphatic heterocycles. The molecule has 570 valence electrons. The Morgan fingerprint density at radius 1 is 0.515 bits per heavy atom. The van der Waals surface area contributed by atoms with E-state index in [1.807, 2.05) is 47.6 Å². The number of hydrogen-bond donors (Lipinski definition) is 6. The molecular formula is C73H134N12O13S. The van der Waals surface area contributed by atoms with Crippen LogP contribution in [-0.4, -0.2) is 273 Å². The number of nitrogens with zero attached hydrogens (tertiary/aromatic N) is 8. The quantitative estimate of drug-likeness (QED) is 0.0532. The molecule has 6 N–H and O–H groups in total. The molecule has 1 aliphatic rings. The summed E-state index contributed by atoms with van der Waals surface area (Å²) in [6, 6.07) is -14.2. The molecule has 1 rings (SSSR count). The van der Waals surface area contributed by atoms with Gasteiger partial charge in [0.1, 0.15) is 66.5 Å². The van der Waals surface area contributed by atoms with E-state index in [1.165, 1.54) is 113 Å². The molecule has 0 radical (unpaired) electrons. The van der Waals surface area contributed by atoms with Gasteiger partial charge in [-0.1, -0.05) is 109 Å². The summed E-state index contributed by atoms with van der Waals surface area (Å²) in [5.74, 6) is -9.11. The lowest BCUT2D eigenvalue weighted by atomic mass is 9.91. The van der Waals surface area contributed by atoms with Gasteiger partial charge in [-0.3, -0.25) is 57.6 Å². The van der Waals surface area contributed by atoms with Crippen LogP contribution < -0.4 is 21.3 Å². The Morgan fingerprint density at radius 2 is 0.990 bits per heavy atom. The molecule has 0 unspecified atom stereocenters. The highest BCUT2D eigenvalue weighted by atomic mass is 32.2. The standard InChI is InChI=1S/C73H134N12O13S/c1-29-31-32-49(17)61(86)60-65(90)76-52(30-2)67(92)82(26)57(41-99-36-35-85(48(15)16)40-45(9)10)70(95)81(25)56(39-73(20,21)98)64(89)77-58(46(11)12)71(96)79(23)54(37-43(5)6)63(88)74-50(18)62(87)75-51(19)66(91)78(22)53(34-33-42(3)4)68(93)80(24)55(38-44(7)8)69(94)83(27)59(47(13)14)72(97)84(60)28/h29,31,42-61,86,98H,30,32-41H2,1-28H3,(H,74,88)(H,75,87)(H,76,90)(H,77,89)/b31-29+/t49-,50-,51+,52-,53+,54-,55-,56+,57-,58-,59-,60+,61-/m1/s1. The molecule has 11 amide bonds. The number of rotatable bonds is 24. The van der Waals surface area contributed by atoms with Gasteiger partial charge in [-0.2, -0.15) is 11.8 Å². The van der Waals surface area contributed by atoms with Crippen LogP contribution in [0.25, 0.3) is 0 Å². The zero-order valence-corrected chi connectivity index (χ0v) is 66.7. The largest absolute Gasteiger partial charge is 0.390 e. The fourth-order valence-electron chi connectivity index (χ4n) is 12.5. The fraction of sp³-hybridized carbons (Fsp3) is 0.822. The lowest BCUT2D eigenvalue weighted by Gasteiger charge is -2.41. The van der Waals surface area contributed by atoms with Crippen molar-refractivity contribution >= 4 is 76.7 Å². The van der Waals surface area contributed by atoms with Crippen molar-refractivity contribution in [3.05, 3.63) is 12.2 Å². The van der Waals surface area contributed by atoms with Crippen molar-refractivity contribution in [2.75, 3.05) is 73.9 Å². The molecule has 0 bridgehead atoms. The van der Waals surface area contributed by atoms with Crippen molar-refractivity contribution < 1.29 is 63.0 Å². The van der Waals surface area contributed by atoms with Crippen molar-refractivity contribution in [1.82, 2.24) is 60.5 Å². The third-order valence-corrected chi connectivity index (χ3v) is 19.9. The summed E-state index contributed by atoms with van der Waals surface area (Å²) in [7, 11) is 9.95. The van der Waals surface area contributed by atoms with E-state index in [0.717, 1.165) is 16.3 Å². The van der Waals surface area contributed by atoms with Crippen LogP contribution in [0.15, 0.2) is 12.2 Å². The number of amides is 11. The molecule has 1 saturated heterocycles. The summed E-state index contributed by atoms with van der Waals surface area (Å²) in [4.78, 5) is 176. The van der Waals surface area contributed by atoms with Crippen LogP contribution in [0.2, 0.25) is 0 Å². The lowest BCUT2D eigenvalue weighted by Crippen LogP contribution is -2.64. The molecule has 0 saturated carbocycles. The number of thioether (sulfide) groups is 1. The second-order valence-corrected chi connectivity index (χ2v) is 32.2. The lowest BCUT2D eigenvalue weighted by molar-refractivity contribution is -0.157. The van der Waals surface area contributed by atoms with Crippen molar-refractivity contribution in [1.29, 1.82) is 0 Å². The number of likely N-dealkylation sites (N-methyl/N-ethyl adjacent to an activating group) is 7. The molecule has 0 aliphatic carbocycles. The van der Waals surface area contributed by atoms with Gasteiger partial charge in [0, 0.05) is 86.4 Å². The Hall–Kier alpha value is -5.86. The van der Waals surface area contributed by atoms with E-state index < -0.39 is 161 Å². The Labute approximate surface area is 599 Å². The second-order valence-electron chi connectivity index (χ2n) is 31.1. The number of aliphatic hydroxyl groups is 2. The smallest absolute Gasteiger partial charge is 0.246 e. The van der Waals surface area contributed by atoms with Crippen LogP contribution in [0.1, 0.15) is 190 Å². The fourth-order valence-corrected chi connectivity index (χ4v) is 13.6. The van der Waals surface area contributed by atoms with Gasteiger partial charge in [0.25, 0.3) is 0 Å². The maximum atomic E-state index is 15.5. The molecule has 26 heteroatoms. The van der Waals surface area contributed by atoms with Gasteiger partial charge in [0.2, 0.25) is 65.0 Å². The number of allylic oxidation sites excluding steroid dienone is 2. The molecule has 1 heterocycles. The Morgan fingerprint density at radius 3 is 1.47 bits per heavy atom. The topological polar surface area (TPSA) is 302 Å². The second kappa shape index (κ2) is 41.9. The predicted molar refractivity (Wildman–Crippen MR) is 392 cm³/mol. The maximum Gasteiger partial charge on any atom is 0.246 e. The number of carbonyl (C=O) groups excluding carboxylic acids is 11. The van der Waals surface area contributed by atoms with Gasteiger partial charge in [-0.25, -0.2) is 0 Å². The number of aliphatic hydroxyl groups excluding tert-OH is 1. The van der Waals surface area contributed by atoms with Gasteiger partial charge in [0.15, 0.2) is 0 Å². The Balaban J connectivity index is 4.64. The van der Waals surface area contributed by atoms with Gasteiger partial charge in [0.05, 0.1) is 11.7 Å². The third-order valence-electron chi connectivity index (χ3n) is 18.8. The van der Waals surface area contributed by atoms with Gasteiger partial charge in [-0.15, -0.1) is 0 Å². The van der Waals surface area contributed by atoms with Crippen LogP contribution in [0.5, 0.6) is 0 Å². The monoisotopic (exact) mass is 1420 g/mol. The van der Waals surface area contributed by atoms with E-state index in [9.17, 15) is 29.4 Å². The van der Waals surface area contributed by atoms with E-state index in [4.69, 9.17) is 0 Å². The Kier molecular flexibility index (Phi) is 38.6. The normalized spacial score (nSPS) is 25.9. The molecular weight excluding hydrogens is 1280 g/mol. The maximum absolute atomic E-state index is 15.5. The minimum Gasteiger partial charge on any atom is -0.390 e. The zero-order chi connectivity index (χ0) is 76.7. The molecule has 0 spiro atoms. The zero-order valence-electron chi connectivity index (χ0n) is 65.9. The van der Waals surface area contributed by atoms with Crippen molar-refractivity contribution in [2.45, 2.75) is 275 Å². The van der Waals surface area contributed by atoms with Crippen LogP contribution >= 0.6 is 11.8 Å². The third kappa shape index (κ3) is 27.5. The predicted octanol–water partition coefficient (Wildman–Crippen LogP) is 5.24. The average Bonchev–Trinajstić information content (AvgIpc) is 0.805. The van der Waals surface area contributed by atoms with Crippen LogP contribution in [0, 0.1) is 41.4 Å². The molecule has 13 atom stereocenters. The molecule has 0 aromatic carbocycles. The van der Waals surface area contributed by atoms with Crippen LogP contribution in [-0.2, 0) is 52.7 Å². The van der Waals surface area contributed by atoms with E-state index >= 15 is 33.6 Å². The van der Waals surface area contributed by atoms with E-state index in [0.29, 0.717) is 24.6 Å². The summed E-state index contributed by atoms with van der Waals surface area (Å²) < 4.78 is 0. The molecule has 0 aromatic heterocycles. The minimum atomic E-state index is -1.66. The van der Waals surface area contributed by atoms with Crippen LogP contribution in [0.3, 0.4) is 0 Å². The van der Waals surface area contributed by atoms with Gasteiger partial charge in [-0.05, 0) is 128 Å². The van der Waals surface area contributed by atoms with Crippen molar-refractivity contribution in [3.63, 3.8) is 0 Å². The van der Waals surface area contributed by atoms with Crippen LogP contribution in [0.4, 0.5) is 0 Å². The summed E-state index contributed by atoms with van der Waals surface area (Å²) in [5, 5.41) is 35.0. The first kappa shape index (κ1) is 91.2. The first-order valence-corrected chi connectivity index (χ1v) is 37.2. The summed E-state index contributed by atoms with van der Waals surface area (Å²) >= 11 is 1.41. The van der Waals surface area contributed by atoms with Gasteiger partial charge >= 0.3 is 0 Å². The highest BCUT2D eigenvalue weighted by molar-refractivity contribution is 7.99. The average molecular weight is 1420 g/mol. The summed E-state index contributed by atoms with van der Waals surface area (Å²) in [6.45, 7) is 39.1.